The van der Waals surface area contributed by atoms with Crippen LogP contribution in [0.2, 0.25) is 0 Å². The molecule has 0 saturated heterocycles. The first-order chi connectivity index (χ1) is 10.6. The molecule has 1 aromatic heterocycles. The molecule has 0 radical (unpaired) electrons. The van der Waals surface area contributed by atoms with Crippen molar-refractivity contribution in [1.29, 1.82) is 0 Å². The lowest BCUT2D eigenvalue weighted by Gasteiger charge is -2.11. The van der Waals surface area contributed by atoms with E-state index in [1.165, 1.54) is 27.7 Å². The second-order valence-electron chi connectivity index (χ2n) is 4.73. The molecular weight excluding hydrogens is 316 g/mol. The monoisotopic (exact) mass is 330 g/mol. The molecule has 0 unspecified atom stereocenters. The smallest absolute Gasteiger partial charge is 0.187 e. The number of aryl methyl sites for hydroxylation is 1. The number of hydrogen-bond donors (Lipinski definition) is 0. The Balaban J connectivity index is 1.92. The Morgan fingerprint density at radius 2 is 1.55 bits per heavy atom. The predicted octanol–water partition coefficient (Wildman–Crippen LogP) is 3.54. The summed E-state index contributed by atoms with van der Waals surface area (Å²) in [5.74, 6) is 0. The fraction of sp³-hybridized carbons (Fsp3) is 0.0625. The summed E-state index contributed by atoms with van der Waals surface area (Å²) in [4.78, 5) is 5.08. The molecule has 0 bridgehead atoms. The van der Waals surface area contributed by atoms with Gasteiger partial charge in [0.15, 0.2) is 16.2 Å². The van der Waals surface area contributed by atoms with E-state index in [4.69, 9.17) is 0 Å². The topological polar surface area (TPSA) is 52.1 Å². The molecule has 0 fully saturated rings. The van der Waals surface area contributed by atoms with Gasteiger partial charge in [0.25, 0.3) is 0 Å². The average Bonchev–Trinajstić information content (AvgIpc) is 2.89. The molecule has 0 N–H and O–H groups in total. The average molecular weight is 330 g/mol. The Morgan fingerprint density at radius 1 is 0.955 bits per heavy atom. The highest BCUT2D eigenvalue weighted by atomic mass is 32.2. The number of aromatic nitrogens is 1. The van der Waals surface area contributed by atoms with Gasteiger partial charge in [0.05, 0.1) is 15.3 Å². The zero-order valence-electron chi connectivity index (χ0n) is 11.9. The zero-order valence-corrected chi connectivity index (χ0v) is 13.5. The minimum absolute atomic E-state index is 0.190. The number of rotatable bonds is 4. The van der Waals surface area contributed by atoms with Gasteiger partial charge in [0.1, 0.15) is 11.5 Å². The maximum Gasteiger partial charge on any atom is 0.187 e. The highest BCUT2D eigenvalue weighted by Crippen LogP contribution is 2.25. The molecule has 0 aliphatic rings. The van der Waals surface area contributed by atoms with Crippen LogP contribution in [0.25, 0.3) is 16.0 Å². The number of benzene rings is 2. The van der Waals surface area contributed by atoms with Crippen molar-refractivity contribution in [3.05, 3.63) is 76.6 Å². The SMILES string of the molecule is Cc1s[n+]([N-]S(=O)(=O)c2ccccc2)cc1-c1ccccc1. The van der Waals surface area contributed by atoms with Gasteiger partial charge in [-0.1, -0.05) is 48.5 Å². The predicted molar refractivity (Wildman–Crippen MR) is 87.1 cm³/mol. The van der Waals surface area contributed by atoms with Gasteiger partial charge in [-0.05, 0) is 24.6 Å². The van der Waals surface area contributed by atoms with E-state index in [1.807, 2.05) is 37.3 Å². The fourth-order valence-corrected chi connectivity index (χ4v) is 4.06. The molecule has 112 valence electrons. The van der Waals surface area contributed by atoms with Crippen LogP contribution in [0.5, 0.6) is 0 Å². The maximum absolute atomic E-state index is 12.3. The number of hydrogen-bond acceptors (Lipinski definition) is 3. The van der Waals surface area contributed by atoms with E-state index < -0.39 is 10.0 Å². The molecular formula is C16H14N2O2S2. The molecule has 0 aliphatic carbocycles. The van der Waals surface area contributed by atoms with Crippen LogP contribution in [0.15, 0.2) is 71.8 Å². The lowest BCUT2D eigenvalue weighted by molar-refractivity contribution is -0.538. The summed E-state index contributed by atoms with van der Waals surface area (Å²) in [7, 11) is -3.70. The van der Waals surface area contributed by atoms with Crippen LogP contribution in [0.3, 0.4) is 0 Å². The molecule has 6 heteroatoms. The van der Waals surface area contributed by atoms with Crippen LogP contribution in [0, 0.1) is 6.92 Å². The molecule has 0 spiro atoms. The molecule has 2 aromatic carbocycles. The highest BCUT2D eigenvalue weighted by Gasteiger charge is 2.14. The number of sulfonamides is 1. The van der Waals surface area contributed by atoms with Crippen molar-refractivity contribution >= 4 is 21.6 Å². The minimum atomic E-state index is -3.70. The summed E-state index contributed by atoms with van der Waals surface area (Å²) < 4.78 is 26.0. The van der Waals surface area contributed by atoms with Crippen molar-refractivity contribution in [2.75, 3.05) is 0 Å². The third-order valence-corrected chi connectivity index (χ3v) is 5.39. The van der Waals surface area contributed by atoms with Crippen molar-refractivity contribution in [3.63, 3.8) is 0 Å². The van der Waals surface area contributed by atoms with Crippen LogP contribution in [-0.2, 0) is 10.0 Å². The highest BCUT2D eigenvalue weighted by molar-refractivity contribution is 7.93. The Labute approximate surface area is 133 Å². The quantitative estimate of drug-likeness (QED) is 0.687. The largest absolute Gasteiger partial charge is 0.303 e. The lowest BCUT2D eigenvalue weighted by atomic mass is 10.1. The molecule has 4 nitrogen and oxygen atoms in total. The van der Waals surface area contributed by atoms with Gasteiger partial charge in [-0.2, -0.15) is 4.07 Å². The van der Waals surface area contributed by atoms with E-state index in [2.05, 4.69) is 4.83 Å². The second kappa shape index (κ2) is 5.90. The summed E-state index contributed by atoms with van der Waals surface area (Å²) in [5.41, 5.74) is 2.03. The van der Waals surface area contributed by atoms with Gasteiger partial charge < -0.3 is 4.83 Å². The van der Waals surface area contributed by atoms with Gasteiger partial charge in [0.2, 0.25) is 0 Å². The molecule has 0 atom stereocenters. The van der Waals surface area contributed by atoms with Gasteiger partial charge in [-0.3, -0.25) is 0 Å². The van der Waals surface area contributed by atoms with E-state index in [1.54, 1.807) is 24.4 Å². The minimum Gasteiger partial charge on any atom is -0.303 e. The van der Waals surface area contributed by atoms with Crippen molar-refractivity contribution in [3.8, 4) is 11.1 Å². The maximum atomic E-state index is 12.3. The Bertz CT molecular complexity index is 873. The van der Waals surface area contributed by atoms with Crippen molar-refractivity contribution < 1.29 is 12.5 Å². The lowest BCUT2D eigenvalue weighted by Crippen LogP contribution is -2.26. The van der Waals surface area contributed by atoms with Gasteiger partial charge >= 0.3 is 0 Å². The summed E-state index contributed by atoms with van der Waals surface area (Å²) in [6, 6.07) is 18.1. The van der Waals surface area contributed by atoms with Crippen LogP contribution < -0.4 is 4.07 Å². The van der Waals surface area contributed by atoms with Crippen LogP contribution in [0.1, 0.15) is 4.88 Å². The molecule has 0 saturated carbocycles. The molecule has 3 rings (SSSR count). The van der Waals surface area contributed by atoms with E-state index in [0.29, 0.717) is 0 Å². The Hall–Kier alpha value is -2.18. The first-order valence-corrected chi connectivity index (χ1v) is 8.89. The van der Waals surface area contributed by atoms with Gasteiger partial charge in [-0.25, -0.2) is 8.42 Å². The normalized spacial score (nSPS) is 11.3. The second-order valence-corrected chi connectivity index (χ2v) is 7.48. The fourth-order valence-electron chi connectivity index (χ4n) is 2.10. The summed E-state index contributed by atoms with van der Waals surface area (Å²) in [6.07, 6.45) is 1.75. The van der Waals surface area contributed by atoms with Gasteiger partial charge in [0, 0.05) is 0 Å². The van der Waals surface area contributed by atoms with E-state index in [0.717, 1.165) is 16.0 Å². The number of nitrogens with zero attached hydrogens (tertiary/aromatic N) is 2. The van der Waals surface area contributed by atoms with Crippen molar-refractivity contribution in [2.45, 2.75) is 11.8 Å². The summed E-state index contributed by atoms with van der Waals surface area (Å²) in [6.45, 7) is 1.95. The zero-order chi connectivity index (χ0) is 15.6. The third-order valence-electron chi connectivity index (χ3n) is 3.16. The third kappa shape index (κ3) is 3.03. The van der Waals surface area contributed by atoms with E-state index in [9.17, 15) is 8.42 Å². The molecule has 1 heterocycles. The van der Waals surface area contributed by atoms with Crippen LogP contribution in [-0.4, -0.2) is 8.42 Å². The standard InChI is InChI=1S/C16H14N2O2S2/c1-13-16(14-8-4-2-5-9-14)12-18(21-13)17-22(19,20)15-10-6-3-7-11-15/h2-12H,1H3. The molecule has 3 aromatic rings. The van der Waals surface area contributed by atoms with Crippen molar-refractivity contribution in [1.82, 2.24) is 0 Å². The summed E-state index contributed by atoms with van der Waals surface area (Å²) in [5, 5.41) is 0. The Kier molecular flexibility index (Phi) is 3.96. The Morgan fingerprint density at radius 3 is 2.18 bits per heavy atom. The molecule has 0 amide bonds. The first-order valence-electron chi connectivity index (χ1n) is 6.67. The van der Waals surface area contributed by atoms with E-state index >= 15 is 0 Å². The molecule has 22 heavy (non-hydrogen) atoms. The first kappa shape index (κ1) is 14.7. The summed E-state index contributed by atoms with van der Waals surface area (Å²) >= 11 is 1.30. The van der Waals surface area contributed by atoms with Crippen LogP contribution in [0.4, 0.5) is 0 Å². The molecule has 0 aliphatic heterocycles. The van der Waals surface area contributed by atoms with Gasteiger partial charge in [-0.15, -0.1) is 0 Å². The van der Waals surface area contributed by atoms with Crippen LogP contribution >= 0.6 is 11.5 Å². The van der Waals surface area contributed by atoms with Crippen molar-refractivity contribution in [2.24, 2.45) is 0 Å². The van der Waals surface area contributed by atoms with E-state index in [-0.39, 0.29) is 4.90 Å².